The van der Waals surface area contributed by atoms with Gasteiger partial charge in [0.05, 0.1) is 5.75 Å². The number of hydrogen-bond acceptors (Lipinski definition) is 6. The van der Waals surface area contributed by atoms with Gasteiger partial charge in [-0.1, -0.05) is 5.16 Å². The predicted octanol–water partition coefficient (Wildman–Crippen LogP) is -1.23. The molecule has 2 N–H and O–H groups in total. The molecule has 2 rings (SSSR count). The van der Waals surface area contributed by atoms with Gasteiger partial charge >= 0.3 is 5.97 Å². The summed E-state index contributed by atoms with van der Waals surface area (Å²) >= 11 is 0. The van der Waals surface area contributed by atoms with Crippen LogP contribution in [0.5, 0.6) is 0 Å². The molecule has 1 fully saturated rings. The first kappa shape index (κ1) is 11.6. The Balaban J connectivity index is 2.63. The van der Waals surface area contributed by atoms with Crippen LogP contribution in [0.25, 0.3) is 0 Å². The Hall–Kier alpha value is -1.90. The highest BCUT2D eigenvalue weighted by molar-refractivity contribution is 7.93. The van der Waals surface area contributed by atoms with Crippen LogP contribution in [0, 0.1) is 0 Å². The first-order chi connectivity index (χ1) is 7.81. The Labute approximate surface area is 95.7 Å². The van der Waals surface area contributed by atoms with Gasteiger partial charge in [0, 0.05) is 0 Å². The maximum absolute atomic E-state index is 11.7. The third-order valence-corrected chi connectivity index (χ3v) is 4.57. The lowest BCUT2D eigenvalue weighted by atomic mass is 10.1. The molecule has 0 aromatic heterocycles. The number of hydrogen-bond donors (Lipinski definition) is 2. The molecule has 0 aliphatic carbocycles. The molecular weight excluding hydrogens is 252 g/mol. The van der Waals surface area contributed by atoms with Gasteiger partial charge < -0.3 is 10.3 Å². The van der Waals surface area contributed by atoms with Gasteiger partial charge in [-0.25, -0.2) is 13.2 Å². The van der Waals surface area contributed by atoms with Crippen LogP contribution in [-0.2, 0) is 19.4 Å². The molecule has 2 aliphatic rings. The fourth-order valence-electron chi connectivity index (χ4n) is 1.97. The molecule has 9 heteroatoms. The molecule has 0 aromatic rings. The molecule has 0 spiro atoms. The van der Waals surface area contributed by atoms with Crippen LogP contribution in [0.4, 0.5) is 0 Å². The van der Waals surface area contributed by atoms with E-state index in [4.69, 9.17) is 10.3 Å². The van der Waals surface area contributed by atoms with Crippen LogP contribution in [0.2, 0.25) is 0 Å². The molecule has 92 valence electrons. The highest BCUT2D eigenvalue weighted by Gasteiger charge is 2.58. The summed E-state index contributed by atoms with van der Waals surface area (Å²) in [5.41, 5.74) is -0.822. The van der Waals surface area contributed by atoms with E-state index < -0.39 is 38.6 Å². The number of rotatable bonds is 1. The summed E-state index contributed by atoms with van der Waals surface area (Å²) < 4.78 is 23.4. The van der Waals surface area contributed by atoms with Crippen molar-refractivity contribution in [3.05, 3.63) is 11.3 Å². The number of carboxylic acid groups (broad SMARTS) is 1. The lowest BCUT2D eigenvalue weighted by molar-refractivity contribution is -0.139. The Morgan fingerprint density at radius 3 is 2.59 bits per heavy atom. The second-order valence-electron chi connectivity index (χ2n) is 3.75. The van der Waals surface area contributed by atoms with Crippen molar-refractivity contribution in [2.45, 2.75) is 12.3 Å². The van der Waals surface area contributed by atoms with Crippen molar-refractivity contribution < 1.29 is 28.3 Å². The van der Waals surface area contributed by atoms with Crippen LogP contribution in [0.15, 0.2) is 16.4 Å². The van der Waals surface area contributed by atoms with Crippen molar-refractivity contribution in [1.29, 1.82) is 0 Å². The standard InChI is InChI=1S/C8H8N2O6S/c1-3-2-17(15,16)7-4(9-14)6(11)10(7)5(3)8(12)13/h7,14H,2H2,1H3,(H,12,13)/b9-4-/t7-/m1/s1. The zero-order chi connectivity index (χ0) is 13.0. The summed E-state index contributed by atoms with van der Waals surface area (Å²) in [6.45, 7) is 1.33. The van der Waals surface area contributed by atoms with Crippen molar-refractivity contribution in [2.24, 2.45) is 5.16 Å². The van der Waals surface area contributed by atoms with E-state index in [1.807, 2.05) is 0 Å². The van der Waals surface area contributed by atoms with Crippen LogP contribution < -0.4 is 0 Å². The third kappa shape index (κ3) is 1.35. The first-order valence-electron chi connectivity index (χ1n) is 4.51. The normalized spacial score (nSPS) is 29.0. The molecule has 17 heavy (non-hydrogen) atoms. The molecule has 0 unspecified atom stereocenters. The third-order valence-electron chi connectivity index (χ3n) is 2.62. The fraction of sp³-hybridized carbons (Fsp3) is 0.375. The SMILES string of the molecule is CC1=C(C(=O)O)N2C(=O)/C(=N/O)[C@H]2S(=O)(=O)C1. The second-order valence-corrected chi connectivity index (χ2v) is 5.81. The summed E-state index contributed by atoms with van der Waals surface area (Å²) in [6.07, 6.45) is 0. The van der Waals surface area contributed by atoms with E-state index in [0.717, 1.165) is 0 Å². The molecule has 0 saturated carbocycles. The summed E-state index contributed by atoms with van der Waals surface area (Å²) in [5.74, 6) is -2.76. The van der Waals surface area contributed by atoms with Gasteiger partial charge in [0.15, 0.2) is 20.9 Å². The van der Waals surface area contributed by atoms with Crippen molar-refractivity contribution in [1.82, 2.24) is 4.90 Å². The van der Waals surface area contributed by atoms with E-state index in [0.29, 0.717) is 4.90 Å². The van der Waals surface area contributed by atoms with E-state index in [9.17, 15) is 18.0 Å². The number of fused-ring (bicyclic) bond motifs is 1. The molecule has 0 aromatic carbocycles. The largest absolute Gasteiger partial charge is 0.477 e. The number of β-lactam (4-membered cyclic amide) rings is 1. The Kier molecular flexibility index (Phi) is 2.24. The van der Waals surface area contributed by atoms with Crippen LogP contribution in [0.1, 0.15) is 6.92 Å². The summed E-state index contributed by atoms with van der Waals surface area (Å²) in [4.78, 5) is 23.0. The number of carbonyl (C=O) groups is 2. The van der Waals surface area contributed by atoms with Gasteiger partial charge in [-0.3, -0.25) is 9.69 Å². The second kappa shape index (κ2) is 3.29. The number of carboxylic acids is 1. The molecule has 1 saturated heterocycles. The zero-order valence-electron chi connectivity index (χ0n) is 8.61. The van der Waals surface area contributed by atoms with Crippen molar-refractivity contribution in [3.8, 4) is 0 Å². The number of aliphatic carboxylic acids is 1. The molecule has 0 radical (unpaired) electrons. The monoisotopic (exact) mass is 260 g/mol. The van der Waals surface area contributed by atoms with Gasteiger partial charge in [-0.15, -0.1) is 0 Å². The van der Waals surface area contributed by atoms with Crippen LogP contribution in [-0.4, -0.2) is 52.3 Å². The molecule has 0 bridgehead atoms. The zero-order valence-corrected chi connectivity index (χ0v) is 9.43. The minimum atomic E-state index is -3.74. The maximum atomic E-state index is 11.7. The van der Waals surface area contributed by atoms with Crippen LogP contribution >= 0.6 is 0 Å². The smallest absolute Gasteiger partial charge is 0.352 e. The molecular formula is C8H8N2O6S. The maximum Gasteiger partial charge on any atom is 0.352 e. The van der Waals surface area contributed by atoms with E-state index in [1.54, 1.807) is 0 Å². The highest BCUT2D eigenvalue weighted by atomic mass is 32.2. The van der Waals surface area contributed by atoms with Gasteiger partial charge in [0.25, 0.3) is 5.91 Å². The van der Waals surface area contributed by atoms with Gasteiger partial charge in [-0.2, -0.15) is 0 Å². The van der Waals surface area contributed by atoms with E-state index in [2.05, 4.69) is 5.16 Å². The van der Waals surface area contributed by atoms with Crippen molar-refractivity contribution >= 4 is 27.4 Å². The lowest BCUT2D eigenvalue weighted by Gasteiger charge is -2.43. The quantitative estimate of drug-likeness (QED) is 0.345. The number of carbonyl (C=O) groups excluding carboxylic acids is 1. The Bertz CT molecular complexity index is 587. The minimum absolute atomic E-state index is 0.0825. The van der Waals surface area contributed by atoms with Crippen molar-refractivity contribution in [2.75, 3.05) is 5.75 Å². The Morgan fingerprint density at radius 2 is 2.12 bits per heavy atom. The molecule has 2 heterocycles. The van der Waals surface area contributed by atoms with Gasteiger partial charge in [-0.05, 0) is 12.5 Å². The van der Waals surface area contributed by atoms with Crippen LogP contribution in [0.3, 0.4) is 0 Å². The Morgan fingerprint density at radius 1 is 1.53 bits per heavy atom. The number of nitrogens with zero attached hydrogens (tertiary/aromatic N) is 2. The highest BCUT2D eigenvalue weighted by Crippen LogP contribution is 2.34. The number of amides is 1. The average Bonchev–Trinajstić information content (AvgIpc) is 2.18. The first-order valence-corrected chi connectivity index (χ1v) is 6.23. The summed E-state index contributed by atoms with van der Waals surface area (Å²) in [6, 6.07) is 0. The van der Waals surface area contributed by atoms with E-state index >= 15 is 0 Å². The minimum Gasteiger partial charge on any atom is -0.477 e. The molecule has 1 atom stereocenters. The topological polar surface area (TPSA) is 124 Å². The number of oxime groups is 1. The van der Waals surface area contributed by atoms with E-state index in [1.165, 1.54) is 6.92 Å². The summed E-state index contributed by atoms with van der Waals surface area (Å²) in [7, 11) is -3.74. The fourth-order valence-corrected chi connectivity index (χ4v) is 3.88. The molecule has 2 aliphatic heterocycles. The summed E-state index contributed by atoms with van der Waals surface area (Å²) in [5, 5.41) is 18.6. The van der Waals surface area contributed by atoms with E-state index in [-0.39, 0.29) is 11.3 Å². The number of sulfone groups is 1. The molecule has 1 amide bonds. The van der Waals surface area contributed by atoms with Gasteiger partial charge in [0.1, 0.15) is 5.70 Å². The molecule has 8 nitrogen and oxygen atoms in total. The lowest BCUT2D eigenvalue weighted by Crippen LogP contribution is -2.67. The van der Waals surface area contributed by atoms with Crippen molar-refractivity contribution in [3.63, 3.8) is 0 Å². The average molecular weight is 260 g/mol. The predicted molar refractivity (Wildman–Crippen MR) is 54.0 cm³/mol. The van der Waals surface area contributed by atoms with Gasteiger partial charge in [0.2, 0.25) is 0 Å².